The molecular formula is C26H54O10Si. The quantitative estimate of drug-likeness (QED) is 0.0841. The van der Waals surface area contributed by atoms with Crippen LogP contribution in [0.25, 0.3) is 0 Å². The first-order valence-electron chi connectivity index (χ1n) is 13.6. The van der Waals surface area contributed by atoms with Gasteiger partial charge in [0.15, 0.2) is 37.2 Å². The first kappa shape index (κ1) is 36.5. The fourth-order valence-corrected chi connectivity index (χ4v) is 6.25. The second-order valence-electron chi connectivity index (χ2n) is 9.26. The van der Waals surface area contributed by atoms with Gasteiger partial charge in [-0.05, 0) is 54.4 Å². The predicted octanol–water partition coefficient (Wildman–Crippen LogP) is 5.68. The smallest absolute Gasteiger partial charge is 0.356 e. The molecule has 0 amide bonds. The molecule has 0 radical (unpaired) electrons. The Morgan fingerprint density at radius 3 is 1.59 bits per heavy atom. The number of carbonyl (C=O) groups is 1. The third-order valence-electron chi connectivity index (χ3n) is 5.91. The Morgan fingerprint density at radius 2 is 1.16 bits per heavy atom. The van der Waals surface area contributed by atoms with E-state index in [1.807, 2.05) is 6.92 Å². The fourth-order valence-electron chi connectivity index (χ4n) is 3.49. The van der Waals surface area contributed by atoms with Crippen molar-refractivity contribution in [2.45, 2.75) is 144 Å². The summed E-state index contributed by atoms with van der Waals surface area (Å²) in [4.78, 5) is 13.9. The Labute approximate surface area is 226 Å². The third-order valence-corrected chi connectivity index (χ3v) is 8.83. The Balaban J connectivity index is 6.15. The first-order chi connectivity index (χ1) is 17.4. The molecule has 6 unspecified atom stereocenters. The van der Waals surface area contributed by atoms with E-state index in [9.17, 15) is 4.79 Å². The SMILES string of the molecule is CCCCCCCCC(=O)[Si](OC(C)OC(C)OC)(OC(C)OC(C)OC)OC(C)(CC)OC(C)OC. The molecule has 0 aromatic carbocycles. The van der Waals surface area contributed by atoms with Crippen LogP contribution in [0.1, 0.15) is 107 Å². The standard InChI is InChI=1S/C26H54O10Si/c1-12-14-15-16-17-18-19-25(27)37(34-23(6)31-20(3)28-9,35-24(7)32-21(4)29-10)36-26(8,13-2)33-22(5)30-11/h20-24H,12-19H2,1-11H3. The van der Waals surface area contributed by atoms with Gasteiger partial charge < -0.3 is 41.7 Å². The second kappa shape index (κ2) is 19.6. The van der Waals surface area contributed by atoms with Crippen molar-refractivity contribution < 1.29 is 46.5 Å². The number of ether oxygens (including phenoxy) is 6. The van der Waals surface area contributed by atoms with Crippen LogP contribution in [0.2, 0.25) is 0 Å². The van der Waals surface area contributed by atoms with Crippen molar-refractivity contribution in [3.8, 4) is 0 Å². The minimum absolute atomic E-state index is 0.233. The lowest BCUT2D eigenvalue weighted by Crippen LogP contribution is -2.62. The first-order valence-corrected chi connectivity index (χ1v) is 15.3. The molecule has 0 aromatic rings. The minimum Gasteiger partial charge on any atom is -0.356 e. The van der Waals surface area contributed by atoms with E-state index in [0.29, 0.717) is 12.8 Å². The number of unbranched alkanes of at least 4 members (excludes halogenated alkanes) is 5. The van der Waals surface area contributed by atoms with E-state index in [2.05, 4.69) is 6.92 Å². The molecule has 11 heteroatoms. The molecule has 0 rings (SSSR count). The fraction of sp³-hybridized carbons (Fsp3) is 0.962. The van der Waals surface area contributed by atoms with Gasteiger partial charge in [0.2, 0.25) is 5.41 Å². The zero-order valence-electron chi connectivity index (χ0n) is 25.1. The maximum atomic E-state index is 13.9. The Bertz CT molecular complexity index is 576. The number of hydrogen-bond acceptors (Lipinski definition) is 10. The van der Waals surface area contributed by atoms with Crippen molar-refractivity contribution in [2.24, 2.45) is 0 Å². The highest BCUT2D eigenvalue weighted by atomic mass is 28.4. The van der Waals surface area contributed by atoms with Crippen molar-refractivity contribution >= 4 is 14.2 Å². The van der Waals surface area contributed by atoms with E-state index >= 15 is 0 Å². The van der Waals surface area contributed by atoms with Crippen LogP contribution in [0, 0.1) is 0 Å². The molecule has 10 nitrogen and oxygen atoms in total. The van der Waals surface area contributed by atoms with Gasteiger partial charge in [-0.2, -0.15) is 0 Å². The molecule has 0 aromatic heterocycles. The van der Waals surface area contributed by atoms with Crippen molar-refractivity contribution in [1.29, 1.82) is 0 Å². The summed E-state index contributed by atoms with van der Waals surface area (Å²) in [6, 6.07) is 0. The van der Waals surface area contributed by atoms with Gasteiger partial charge in [-0.3, -0.25) is 4.79 Å². The van der Waals surface area contributed by atoms with E-state index in [1.54, 1.807) is 41.5 Å². The van der Waals surface area contributed by atoms with E-state index in [1.165, 1.54) is 27.8 Å². The molecule has 6 atom stereocenters. The zero-order chi connectivity index (χ0) is 28.5. The minimum atomic E-state index is -4.18. The molecular weight excluding hydrogens is 500 g/mol. The summed E-state index contributed by atoms with van der Waals surface area (Å²) in [6.07, 6.45) is 3.34. The third kappa shape index (κ3) is 15.0. The average Bonchev–Trinajstić information content (AvgIpc) is 2.85. The molecule has 0 fully saturated rings. The average molecular weight is 555 g/mol. The zero-order valence-corrected chi connectivity index (χ0v) is 26.1. The summed E-state index contributed by atoms with van der Waals surface area (Å²) in [6.45, 7) is 14.4. The normalized spacial score (nSPS) is 19.4. The van der Waals surface area contributed by atoms with Crippen LogP contribution >= 0.6 is 0 Å². The number of rotatable bonds is 24. The molecule has 0 bridgehead atoms. The van der Waals surface area contributed by atoms with Gasteiger partial charge in [-0.25, -0.2) is 0 Å². The Kier molecular flexibility index (Phi) is 19.3. The summed E-state index contributed by atoms with van der Waals surface area (Å²) < 4.78 is 52.3. The highest BCUT2D eigenvalue weighted by Crippen LogP contribution is 2.30. The van der Waals surface area contributed by atoms with Crippen LogP contribution in [0.15, 0.2) is 0 Å². The largest absolute Gasteiger partial charge is 0.580 e. The van der Waals surface area contributed by atoms with E-state index in [-0.39, 0.29) is 11.8 Å². The van der Waals surface area contributed by atoms with Gasteiger partial charge in [0.1, 0.15) is 0 Å². The lowest BCUT2D eigenvalue weighted by Gasteiger charge is -2.41. The van der Waals surface area contributed by atoms with Gasteiger partial charge in [0.25, 0.3) is 0 Å². The molecule has 0 saturated carbocycles. The van der Waals surface area contributed by atoms with Crippen LogP contribution in [0.4, 0.5) is 0 Å². The summed E-state index contributed by atoms with van der Waals surface area (Å²) in [5, 5.41) is -0.266. The molecule has 0 aliphatic carbocycles. The number of hydrogen-bond donors (Lipinski definition) is 0. The molecule has 0 heterocycles. The molecule has 0 N–H and O–H groups in total. The molecule has 222 valence electrons. The van der Waals surface area contributed by atoms with Gasteiger partial charge >= 0.3 is 8.80 Å². The van der Waals surface area contributed by atoms with Crippen molar-refractivity contribution in [2.75, 3.05) is 21.3 Å². The highest BCUT2D eigenvalue weighted by Gasteiger charge is 2.57. The van der Waals surface area contributed by atoms with Crippen LogP contribution < -0.4 is 0 Å². The lowest BCUT2D eigenvalue weighted by molar-refractivity contribution is -0.289. The predicted molar refractivity (Wildman–Crippen MR) is 142 cm³/mol. The van der Waals surface area contributed by atoms with Crippen LogP contribution in [0.3, 0.4) is 0 Å². The van der Waals surface area contributed by atoms with Crippen LogP contribution in [-0.2, 0) is 46.5 Å². The summed E-state index contributed by atoms with van der Waals surface area (Å²) in [5.41, 5.74) is 0. The molecule has 0 saturated heterocycles. The van der Waals surface area contributed by atoms with Crippen molar-refractivity contribution in [3.05, 3.63) is 0 Å². The van der Waals surface area contributed by atoms with Crippen molar-refractivity contribution in [1.82, 2.24) is 0 Å². The highest BCUT2D eigenvalue weighted by molar-refractivity contribution is 6.92. The monoisotopic (exact) mass is 554 g/mol. The maximum Gasteiger partial charge on any atom is 0.580 e. The van der Waals surface area contributed by atoms with Crippen LogP contribution in [-0.4, -0.2) is 72.8 Å². The Hall–Kier alpha value is -0.473. The van der Waals surface area contributed by atoms with Gasteiger partial charge in [0, 0.05) is 27.8 Å². The summed E-state index contributed by atoms with van der Waals surface area (Å²) >= 11 is 0. The van der Waals surface area contributed by atoms with Gasteiger partial charge in [0.05, 0.1) is 0 Å². The lowest BCUT2D eigenvalue weighted by atomic mass is 10.1. The molecule has 0 aliphatic heterocycles. The molecule has 37 heavy (non-hydrogen) atoms. The summed E-state index contributed by atoms with van der Waals surface area (Å²) in [5.74, 6) is -1.24. The van der Waals surface area contributed by atoms with E-state index in [4.69, 9.17) is 41.7 Å². The maximum absolute atomic E-state index is 13.9. The Morgan fingerprint density at radius 1 is 0.703 bits per heavy atom. The summed E-state index contributed by atoms with van der Waals surface area (Å²) in [7, 11) is 0.403. The van der Waals surface area contributed by atoms with Gasteiger partial charge in [-0.15, -0.1) is 0 Å². The molecule has 0 aliphatic rings. The van der Waals surface area contributed by atoms with Crippen LogP contribution in [0.5, 0.6) is 0 Å². The number of carbonyl (C=O) groups excluding carboxylic acids is 1. The van der Waals surface area contributed by atoms with E-state index < -0.39 is 46.0 Å². The second-order valence-corrected chi connectivity index (χ2v) is 11.6. The van der Waals surface area contributed by atoms with E-state index in [0.717, 1.165) is 25.7 Å². The number of methoxy groups -OCH3 is 3. The van der Waals surface area contributed by atoms with Crippen molar-refractivity contribution in [3.63, 3.8) is 0 Å². The molecule has 0 spiro atoms. The van der Waals surface area contributed by atoms with Gasteiger partial charge in [-0.1, -0.05) is 46.0 Å². The topological polar surface area (TPSA) is 100 Å².